The first-order chi connectivity index (χ1) is 4.30. The maximum absolute atomic E-state index is 10.2. The van der Waals surface area contributed by atoms with E-state index in [1.54, 1.807) is 6.08 Å². The van der Waals surface area contributed by atoms with Crippen LogP contribution in [0.4, 0.5) is 0 Å². The molecule has 0 unspecified atom stereocenters. The van der Waals surface area contributed by atoms with Crippen LogP contribution in [-0.2, 0) is 7.61 Å². The van der Waals surface area contributed by atoms with Crippen molar-refractivity contribution in [1.29, 1.82) is 0 Å². The molecule has 1 N–H and O–H groups in total. The van der Waals surface area contributed by atoms with Crippen LogP contribution in [0.15, 0.2) is 21.7 Å². The molecule has 0 aromatic carbocycles. The van der Waals surface area contributed by atoms with Gasteiger partial charge in [0.2, 0.25) is 0 Å². The first kappa shape index (κ1) is 6.75. The van der Waals surface area contributed by atoms with Crippen LogP contribution < -0.4 is 0 Å². The summed E-state index contributed by atoms with van der Waals surface area (Å²) in [4.78, 5) is 10.2. The summed E-state index contributed by atoms with van der Waals surface area (Å²) in [6.07, 6.45) is 3.22. The molecule has 1 aliphatic heterocycles. The van der Waals surface area contributed by atoms with Crippen molar-refractivity contribution in [1.82, 2.24) is 0 Å². The molecule has 1 heterocycles. The summed E-state index contributed by atoms with van der Waals surface area (Å²) in [6, 6.07) is 0. The van der Waals surface area contributed by atoms with Gasteiger partial charge in [-0.15, -0.1) is 0 Å². The predicted octanol–water partition coefficient (Wildman–Crippen LogP) is -0.150. The Hall–Kier alpha value is -0.367. The molecule has 0 radical (unpaired) electrons. The molecule has 0 saturated carbocycles. The Morgan fingerprint density at radius 1 is 1.78 bits per heavy atom. The second-order valence-electron chi connectivity index (χ2n) is 1.42. The Kier molecular flexibility index (Phi) is 2.23. The molecular formula is C5H5BiO3. The molecule has 0 bridgehead atoms. The molecule has 0 saturated heterocycles. The summed E-state index contributed by atoms with van der Waals surface area (Å²) < 4.78 is 6.85. The van der Waals surface area contributed by atoms with Gasteiger partial charge in [0.25, 0.3) is 0 Å². The fourth-order valence-corrected chi connectivity index (χ4v) is 2.46. The zero-order chi connectivity index (χ0) is 6.69. The van der Waals surface area contributed by atoms with Crippen LogP contribution >= 0.6 is 0 Å². The Labute approximate surface area is 64.2 Å². The van der Waals surface area contributed by atoms with Crippen molar-refractivity contribution in [2.24, 2.45) is 0 Å². The van der Waals surface area contributed by atoms with Gasteiger partial charge in [-0.3, -0.25) is 0 Å². The van der Waals surface area contributed by atoms with Crippen molar-refractivity contribution in [3.05, 3.63) is 21.7 Å². The molecule has 0 fully saturated rings. The van der Waals surface area contributed by atoms with E-state index in [1.807, 2.05) is 3.78 Å². The van der Waals surface area contributed by atoms with Crippen molar-refractivity contribution >= 4 is 29.6 Å². The molecule has 0 aromatic heterocycles. The van der Waals surface area contributed by atoms with E-state index in [1.165, 1.54) is 6.08 Å². The van der Waals surface area contributed by atoms with Gasteiger partial charge in [0.15, 0.2) is 0 Å². The van der Waals surface area contributed by atoms with Gasteiger partial charge in [0.1, 0.15) is 0 Å². The average Bonchev–Trinajstić information content (AvgIpc) is 1.90. The van der Waals surface area contributed by atoms with Gasteiger partial charge in [-0.2, -0.15) is 0 Å². The molecule has 0 amide bonds. The molecule has 4 heteroatoms. The Morgan fingerprint density at radius 2 is 2.56 bits per heavy atom. The van der Waals surface area contributed by atoms with Crippen molar-refractivity contribution in [2.45, 2.75) is 0 Å². The fourth-order valence-electron chi connectivity index (χ4n) is 0.421. The number of allylic oxidation sites excluding steroid dienone is 2. The minimum absolute atomic E-state index is 0.0980. The normalized spacial score (nSPS) is 16.2. The summed E-state index contributed by atoms with van der Waals surface area (Å²) in [5.41, 5.74) is 0. The van der Waals surface area contributed by atoms with E-state index in [0.717, 1.165) is 0 Å². The number of hydrogen-bond donors (Lipinski definition) is 1. The third-order valence-corrected chi connectivity index (χ3v) is 3.38. The van der Waals surface area contributed by atoms with Crippen molar-refractivity contribution in [3.8, 4) is 0 Å². The SMILES string of the molecule is O=C(O)C1=CC=[CH][BiH][O]1. The molecule has 0 atom stereocenters. The van der Waals surface area contributed by atoms with E-state index >= 15 is 0 Å². The first-order valence-electron chi connectivity index (χ1n) is 2.33. The van der Waals surface area contributed by atoms with E-state index < -0.39 is 29.6 Å². The van der Waals surface area contributed by atoms with Gasteiger partial charge in [0.05, 0.1) is 0 Å². The second-order valence-corrected chi connectivity index (χ2v) is 4.42. The van der Waals surface area contributed by atoms with Crippen LogP contribution in [0.2, 0.25) is 0 Å². The number of carboxylic acid groups (broad SMARTS) is 1. The molecule has 3 nitrogen and oxygen atoms in total. The molecule has 1 rings (SSSR count). The van der Waals surface area contributed by atoms with Crippen LogP contribution in [0.1, 0.15) is 0 Å². The molecule has 0 spiro atoms. The van der Waals surface area contributed by atoms with Crippen molar-refractivity contribution in [3.63, 3.8) is 0 Å². The molecule has 0 aromatic rings. The van der Waals surface area contributed by atoms with E-state index in [0.29, 0.717) is 0 Å². The van der Waals surface area contributed by atoms with E-state index in [4.69, 9.17) is 7.92 Å². The third-order valence-electron chi connectivity index (χ3n) is 0.792. The van der Waals surface area contributed by atoms with Crippen molar-refractivity contribution < 1.29 is 12.7 Å². The van der Waals surface area contributed by atoms with Crippen molar-refractivity contribution in [2.75, 3.05) is 0 Å². The zero-order valence-corrected chi connectivity index (χ0v) is 8.38. The quantitative estimate of drug-likeness (QED) is 0.683. The van der Waals surface area contributed by atoms with E-state index in [9.17, 15) is 4.79 Å². The average molecular weight is 322 g/mol. The van der Waals surface area contributed by atoms with Crippen LogP contribution in [0.3, 0.4) is 0 Å². The number of hydrogen-bond acceptors (Lipinski definition) is 2. The van der Waals surface area contributed by atoms with Crippen LogP contribution in [-0.4, -0.2) is 34.8 Å². The Balaban J connectivity index is 2.68. The number of carbonyl (C=O) groups is 1. The Bertz CT molecular complexity index is 183. The van der Waals surface area contributed by atoms with Crippen LogP contribution in [0, 0.1) is 0 Å². The van der Waals surface area contributed by atoms with Gasteiger partial charge in [0, 0.05) is 0 Å². The maximum atomic E-state index is 10.2. The van der Waals surface area contributed by atoms with Gasteiger partial charge >= 0.3 is 64.1 Å². The van der Waals surface area contributed by atoms with Gasteiger partial charge < -0.3 is 0 Å². The van der Waals surface area contributed by atoms with Gasteiger partial charge in [-0.05, 0) is 0 Å². The third kappa shape index (κ3) is 1.79. The summed E-state index contributed by atoms with van der Waals surface area (Å²) in [5.74, 6) is -0.868. The van der Waals surface area contributed by atoms with E-state index in [-0.39, 0.29) is 5.76 Å². The summed E-state index contributed by atoms with van der Waals surface area (Å²) >= 11 is -1.14. The fraction of sp³-hybridized carbons (Fsp3) is 0. The van der Waals surface area contributed by atoms with Gasteiger partial charge in [-0.1, -0.05) is 0 Å². The standard InChI is InChI=1S/C5H5O3.Bi.H/c1-2-3-4(6)5(7)8;;/h1-3,6H,(H,7,8);;/q;+1;/p-1. The molecule has 48 valence electrons. The summed E-state index contributed by atoms with van der Waals surface area (Å²) in [6.45, 7) is 0. The molecule has 0 aliphatic carbocycles. The first-order valence-corrected chi connectivity index (χ1v) is 6.16. The molecule has 9 heavy (non-hydrogen) atoms. The number of carboxylic acids is 1. The molecular weight excluding hydrogens is 317 g/mol. The second kappa shape index (κ2) is 2.97. The topological polar surface area (TPSA) is 46.5 Å². The summed E-state index contributed by atoms with van der Waals surface area (Å²) in [5, 5.41) is 8.34. The minimum atomic E-state index is -1.14. The Morgan fingerprint density at radius 3 is 2.89 bits per heavy atom. The predicted molar refractivity (Wildman–Crippen MR) is 33.1 cm³/mol. The number of aliphatic carboxylic acids is 1. The monoisotopic (exact) mass is 322 g/mol. The zero-order valence-electron chi connectivity index (χ0n) is 4.50. The number of rotatable bonds is 1. The van der Waals surface area contributed by atoms with Crippen LogP contribution in [0.25, 0.3) is 0 Å². The summed E-state index contributed by atoms with van der Waals surface area (Å²) in [7, 11) is 0. The van der Waals surface area contributed by atoms with Gasteiger partial charge in [-0.25, -0.2) is 0 Å². The van der Waals surface area contributed by atoms with E-state index in [2.05, 4.69) is 0 Å². The van der Waals surface area contributed by atoms with Crippen LogP contribution in [0.5, 0.6) is 0 Å². The molecule has 1 aliphatic rings.